The molecule has 0 unspecified atom stereocenters. The van der Waals surface area contributed by atoms with E-state index in [1.165, 1.54) is 0 Å². The third-order valence-electron chi connectivity index (χ3n) is 2.93. The summed E-state index contributed by atoms with van der Waals surface area (Å²) in [5.41, 5.74) is 1.12. The number of thiophene rings is 1. The van der Waals surface area contributed by atoms with E-state index in [1.54, 1.807) is 11.3 Å². The average molecular weight is 263 g/mol. The fourth-order valence-corrected chi connectivity index (χ4v) is 2.94. The third kappa shape index (κ3) is 2.28. The van der Waals surface area contributed by atoms with Gasteiger partial charge in [0.2, 0.25) is 0 Å². The molecular weight excluding hydrogens is 252 g/mol. The van der Waals surface area contributed by atoms with Crippen LogP contribution in [0.5, 0.6) is 0 Å². The Morgan fingerprint density at radius 1 is 1.12 bits per heavy atom. The maximum atomic E-state index is 11.9. The Morgan fingerprint density at radius 3 is 2.47 bits per heavy atom. The Labute approximate surface area is 109 Å². The Bertz CT molecular complexity index is 552. The molecule has 3 heteroatoms. The van der Waals surface area contributed by atoms with Gasteiger partial charge in [0, 0.05) is 15.8 Å². The Kier molecular flexibility index (Phi) is 2.77. The van der Waals surface area contributed by atoms with Gasteiger partial charge in [0.25, 0.3) is 0 Å². The SMILES string of the molecule is O=C(c1ccc(-c2ccc(Cl)cc2)s1)C1CC1. The number of carbonyl (C=O) groups excluding carboxylic acids is 1. The average Bonchev–Trinajstić information content (AvgIpc) is 3.07. The Hall–Kier alpha value is -1.12. The molecule has 1 nitrogen and oxygen atoms in total. The van der Waals surface area contributed by atoms with Crippen molar-refractivity contribution in [1.82, 2.24) is 0 Å². The van der Waals surface area contributed by atoms with Crippen LogP contribution in [0.25, 0.3) is 10.4 Å². The first-order chi connectivity index (χ1) is 8.24. The van der Waals surface area contributed by atoms with E-state index in [4.69, 9.17) is 11.6 Å². The number of hydrogen-bond acceptors (Lipinski definition) is 2. The lowest BCUT2D eigenvalue weighted by Gasteiger charge is -1.97. The van der Waals surface area contributed by atoms with Gasteiger partial charge in [0.05, 0.1) is 4.88 Å². The molecule has 0 bridgehead atoms. The van der Waals surface area contributed by atoms with Crippen LogP contribution in [-0.2, 0) is 0 Å². The molecule has 1 aromatic carbocycles. The van der Waals surface area contributed by atoms with E-state index in [0.29, 0.717) is 11.7 Å². The number of ketones is 1. The topological polar surface area (TPSA) is 17.1 Å². The van der Waals surface area contributed by atoms with Gasteiger partial charge in [-0.2, -0.15) is 0 Å². The monoisotopic (exact) mass is 262 g/mol. The molecule has 1 aliphatic carbocycles. The summed E-state index contributed by atoms with van der Waals surface area (Å²) >= 11 is 7.43. The van der Waals surface area contributed by atoms with Gasteiger partial charge in [0.1, 0.15) is 0 Å². The smallest absolute Gasteiger partial charge is 0.175 e. The maximum Gasteiger partial charge on any atom is 0.175 e. The summed E-state index contributed by atoms with van der Waals surface area (Å²) in [6.45, 7) is 0. The molecule has 0 radical (unpaired) electrons. The van der Waals surface area contributed by atoms with Gasteiger partial charge < -0.3 is 0 Å². The summed E-state index contributed by atoms with van der Waals surface area (Å²) in [5.74, 6) is 0.613. The Balaban J connectivity index is 1.88. The number of carbonyl (C=O) groups is 1. The van der Waals surface area contributed by atoms with Crippen molar-refractivity contribution >= 4 is 28.7 Å². The van der Waals surface area contributed by atoms with Crippen molar-refractivity contribution in [1.29, 1.82) is 0 Å². The lowest BCUT2D eigenvalue weighted by Crippen LogP contribution is -1.96. The van der Waals surface area contributed by atoms with Crippen LogP contribution < -0.4 is 0 Å². The molecule has 0 atom stereocenters. The van der Waals surface area contributed by atoms with Gasteiger partial charge >= 0.3 is 0 Å². The summed E-state index contributed by atoms with van der Waals surface area (Å²) in [5, 5.41) is 0.736. The van der Waals surface area contributed by atoms with Crippen molar-refractivity contribution in [3.63, 3.8) is 0 Å². The highest BCUT2D eigenvalue weighted by molar-refractivity contribution is 7.17. The molecule has 1 aromatic heterocycles. The fourth-order valence-electron chi connectivity index (χ4n) is 1.79. The van der Waals surface area contributed by atoms with E-state index in [-0.39, 0.29) is 0 Å². The van der Waals surface area contributed by atoms with Crippen LogP contribution in [0.2, 0.25) is 5.02 Å². The minimum atomic E-state index is 0.298. The first-order valence-corrected chi connectivity index (χ1v) is 6.83. The fraction of sp³-hybridized carbons (Fsp3) is 0.214. The van der Waals surface area contributed by atoms with Crippen molar-refractivity contribution in [2.75, 3.05) is 0 Å². The number of Topliss-reactive ketones (excluding diaryl/α,β-unsaturated/α-hetero) is 1. The number of benzene rings is 1. The maximum absolute atomic E-state index is 11.9. The molecule has 17 heavy (non-hydrogen) atoms. The van der Waals surface area contributed by atoms with Crippen molar-refractivity contribution < 1.29 is 4.79 Å². The molecule has 0 N–H and O–H groups in total. The lowest BCUT2D eigenvalue weighted by molar-refractivity contribution is 0.0971. The second-order valence-electron chi connectivity index (χ2n) is 4.31. The lowest BCUT2D eigenvalue weighted by atomic mass is 10.2. The van der Waals surface area contributed by atoms with Crippen LogP contribution in [0.1, 0.15) is 22.5 Å². The van der Waals surface area contributed by atoms with Crippen LogP contribution in [0.4, 0.5) is 0 Å². The quantitative estimate of drug-likeness (QED) is 0.735. The highest BCUT2D eigenvalue weighted by Gasteiger charge is 2.31. The first kappa shape index (κ1) is 11.0. The molecule has 1 fully saturated rings. The zero-order valence-electron chi connectivity index (χ0n) is 9.15. The molecule has 0 saturated heterocycles. The molecule has 86 valence electrons. The molecule has 1 saturated carbocycles. The molecular formula is C14H11ClOS. The van der Waals surface area contributed by atoms with E-state index in [0.717, 1.165) is 33.2 Å². The van der Waals surface area contributed by atoms with Crippen LogP contribution >= 0.6 is 22.9 Å². The summed E-state index contributed by atoms with van der Waals surface area (Å²) < 4.78 is 0. The van der Waals surface area contributed by atoms with E-state index in [2.05, 4.69) is 0 Å². The molecule has 3 rings (SSSR count). The van der Waals surface area contributed by atoms with Gasteiger partial charge in [-0.15, -0.1) is 11.3 Å². The normalized spacial score (nSPS) is 14.9. The highest BCUT2D eigenvalue weighted by Crippen LogP contribution is 2.36. The van der Waals surface area contributed by atoms with E-state index < -0.39 is 0 Å². The van der Waals surface area contributed by atoms with Crippen molar-refractivity contribution in [3.8, 4) is 10.4 Å². The predicted octanol–water partition coefficient (Wildman–Crippen LogP) is 4.66. The van der Waals surface area contributed by atoms with E-state index in [9.17, 15) is 4.79 Å². The zero-order chi connectivity index (χ0) is 11.8. The first-order valence-electron chi connectivity index (χ1n) is 5.64. The molecule has 0 amide bonds. The predicted molar refractivity (Wildman–Crippen MR) is 71.8 cm³/mol. The summed E-state index contributed by atoms with van der Waals surface area (Å²) in [7, 11) is 0. The van der Waals surface area contributed by atoms with Gasteiger partial charge in [-0.3, -0.25) is 4.79 Å². The second kappa shape index (κ2) is 4.28. The second-order valence-corrected chi connectivity index (χ2v) is 5.83. The third-order valence-corrected chi connectivity index (χ3v) is 4.33. The molecule has 0 aliphatic heterocycles. The van der Waals surface area contributed by atoms with E-state index >= 15 is 0 Å². The molecule has 0 spiro atoms. The number of hydrogen-bond donors (Lipinski definition) is 0. The molecule has 1 aliphatic rings. The molecule has 2 aromatic rings. The van der Waals surface area contributed by atoms with Crippen LogP contribution in [0, 0.1) is 5.92 Å². The van der Waals surface area contributed by atoms with Crippen molar-refractivity contribution in [3.05, 3.63) is 46.3 Å². The minimum Gasteiger partial charge on any atom is -0.293 e. The molecule has 1 heterocycles. The van der Waals surface area contributed by atoms with Gasteiger partial charge in [-0.25, -0.2) is 0 Å². The summed E-state index contributed by atoms with van der Waals surface area (Å²) in [6.07, 6.45) is 2.13. The van der Waals surface area contributed by atoms with Crippen LogP contribution in [0.15, 0.2) is 36.4 Å². The summed E-state index contributed by atoms with van der Waals surface area (Å²) in [4.78, 5) is 13.9. The van der Waals surface area contributed by atoms with Gasteiger partial charge in [-0.05, 0) is 42.7 Å². The van der Waals surface area contributed by atoms with Crippen LogP contribution in [0.3, 0.4) is 0 Å². The van der Waals surface area contributed by atoms with E-state index in [1.807, 2.05) is 36.4 Å². The number of rotatable bonds is 3. The zero-order valence-corrected chi connectivity index (χ0v) is 10.7. The highest BCUT2D eigenvalue weighted by atomic mass is 35.5. The standard InChI is InChI=1S/C14H11ClOS/c15-11-5-3-9(4-6-11)12-7-8-13(17-12)14(16)10-1-2-10/h3-8,10H,1-2H2. The Morgan fingerprint density at radius 2 is 1.82 bits per heavy atom. The van der Waals surface area contributed by atoms with Crippen molar-refractivity contribution in [2.24, 2.45) is 5.92 Å². The largest absolute Gasteiger partial charge is 0.293 e. The number of halogens is 1. The van der Waals surface area contributed by atoms with Gasteiger partial charge in [0.15, 0.2) is 5.78 Å². The minimum absolute atomic E-state index is 0.298. The van der Waals surface area contributed by atoms with Gasteiger partial charge in [-0.1, -0.05) is 23.7 Å². The van der Waals surface area contributed by atoms with Crippen LogP contribution in [-0.4, -0.2) is 5.78 Å². The summed E-state index contributed by atoms with van der Waals surface area (Å²) in [6, 6.07) is 11.7. The van der Waals surface area contributed by atoms with Crippen molar-refractivity contribution in [2.45, 2.75) is 12.8 Å².